The Morgan fingerprint density at radius 2 is 1.92 bits per heavy atom. The van der Waals surface area contributed by atoms with E-state index in [0.717, 1.165) is 12.3 Å². The molecule has 0 radical (unpaired) electrons. The van der Waals surface area contributed by atoms with Gasteiger partial charge in [0.1, 0.15) is 0 Å². The van der Waals surface area contributed by atoms with Crippen LogP contribution in [-0.4, -0.2) is 5.78 Å². The molecule has 2 rings (SSSR count). The van der Waals surface area contributed by atoms with Crippen molar-refractivity contribution in [1.82, 2.24) is 0 Å². The molecule has 0 aromatic rings. The van der Waals surface area contributed by atoms with Gasteiger partial charge in [-0.1, -0.05) is 25.0 Å². The van der Waals surface area contributed by atoms with E-state index in [1.54, 1.807) is 12.2 Å². The van der Waals surface area contributed by atoms with Gasteiger partial charge in [0.05, 0.1) is 0 Å². The zero-order chi connectivity index (χ0) is 9.10. The summed E-state index contributed by atoms with van der Waals surface area (Å²) in [4.78, 5) is 11.1. The molecule has 0 aliphatic heterocycles. The summed E-state index contributed by atoms with van der Waals surface area (Å²) < 4.78 is 0. The first kappa shape index (κ1) is 8.74. The lowest BCUT2D eigenvalue weighted by Crippen LogP contribution is -2.07. The molecular formula is C12H16O. The molecule has 0 amide bonds. The second kappa shape index (κ2) is 3.91. The third-order valence-electron chi connectivity index (χ3n) is 3.20. The number of hydrogen-bond acceptors (Lipinski definition) is 1. The number of rotatable bonds is 1. The number of carbonyl (C=O) groups is 1. The summed E-state index contributed by atoms with van der Waals surface area (Å²) >= 11 is 0. The van der Waals surface area contributed by atoms with Crippen molar-refractivity contribution in [2.75, 3.05) is 0 Å². The van der Waals surface area contributed by atoms with E-state index in [1.807, 2.05) is 6.08 Å². The van der Waals surface area contributed by atoms with Crippen molar-refractivity contribution in [3.05, 3.63) is 24.3 Å². The van der Waals surface area contributed by atoms with Crippen LogP contribution >= 0.6 is 0 Å². The highest BCUT2D eigenvalue weighted by molar-refractivity contribution is 5.99. The second-order valence-electron chi connectivity index (χ2n) is 4.11. The highest BCUT2D eigenvalue weighted by atomic mass is 16.1. The van der Waals surface area contributed by atoms with E-state index in [1.165, 1.54) is 25.7 Å². The van der Waals surface area contributed by atoms with Crippen LogP contribution in [0.25, 0.3) is 0 Å². The summed E-state index contributed by atoms with van der Waals surface area (Å²) in [6.45, 7) is 0. The van der Waals surface area contributed by atoms with Crippen LogP contribution in [0.4, 0.5) is 0 Å². The molecule has 1 nitrogen and oxygen atoms in total. The van der Waals surface area contributed by atoms with Crippen molar-refractivity contribution in [3.8, 4) is 0 Å². The van der Waals surface area contributed by atoms with Crippen LogP contribution < -0.4 is 0 Å². The Balaban J connectivity index is 2.03. The van der Waals surface area contributed by atoms with Crippen LogP contribution in [0.1, 0.15) is 32.1 Å². The third-order valence-corrected chi connectivity index (χ3v) is 3.20. The summed E-state index contributed by atoms with van der Waals surface area (Å²) in [5, 5.41) is 0. The molecule has 1 unspecified atom stereocenters. The lowest BCUT2D eigenvalue weighted by atomic mass is 9.88. The quantitative estimate of drug-likeness (QED) is 0.600. The zero-order valence-corrected chi connectivity index (χ0v) is 7.91. The lowest BCUT2D eigenvalue weighted by molar-refractivity contribution is -0.110. The molecule has 2 aliphatic carbocycles. The first-order chi connectivity index (χ1) is 6.36. The van der Waals surface area contributed by atoms with E-state index in [-0.39, 0.29) is 5.78 Å². The number of allylic oxidation sites excluding steroid dienone is 4. The molecular weight excluding hydrogens is 160 g/mol. The average molecular weight is 176 g/mol. The van der Waals surface area contributed by atoms with Crippen molar-refractivity contribution in [2.45, 2.75) is 32.1 Å². The highest BCUT2D eigenvalue weighted by Crippen LogP contribution is 2.34. The molecule has 0 N–H and O–H groups in total. The summed E-state index contributed by atoms with van der Waals surface area (Å²) in [5.41, 5.74) is 0. The molecule has 1 atom stereocenters. The molecule has 0 saturated heterocycles. The van der Waals surface area contributed by atoms with E-state index < -0.39 is 0 Å². The Labute approximate surface area is 79.5 Å². The minimum Gasteiger partial charge on any atom is -0.290 e. The van der Waals surface area contributed by atoms with Crippen LogP contribution in [0, 0.1) is 11.8 Å². The maximum Gasteiger partial charge on any atom is 0.178 e. The van der Waals surface area contributed by atoms with Gasteiger partial charge in [-0.3, -0.25) is 4.79 Å². The molecule has 0 aromatic carbocycles. The number of hydrogen-bond donors (Lipinski definition) is 0. The van der Waals surface area contributed by atoms with Gasteiger partial charge < -0.3 is 0 Å². The van der Waals surface area contributed by atoms with Crippen molar-refractivity contribution >= 4 is 5.78 Å². The summed E-state index contributed by atoms with van der Waals surface area (Å²) in [6.07, 6.45) is 14.1. The van der Waals surface area contributed by atoms with Gasteiger partial charge in [-0.25, -0.2) is 0 Å². The first-order valence-corrected chi connectivity index (χ1v) is 5.25. The van der Waals surface area contributed by atoms with E-state index in [4.69, 9.17) is 0 Å². The monoisotopic (exact) mass is 176 g/mol. The number of carbonyl (C=O) groups excluding carboxylic acids is 1. The molecule has 2 aliphatic rings. The molecule has 0 heterocycles. The van der Waals surface area contributed by atoms with E-state index in [9.17, 15) is 4.79 Å². The SMILES string of the molecule is O=C1C=CCC(C2CCCC2)C=C1. The fraction of sp³-hybridized carbons (Fsp3) is 0.583. The van der Waals surface area contributed by atoms with Gasteiger partial charge in [-0.15, -0.1) is 0 Å². The molecule has 0 aromatic heterocycles. The van der Waals surface area contributed by atoms with Gasteiger partial charge in [-0.2, -0.15) is 0 Å². The maximum absolute atomic E-state index is 11.1. The fourth-order valence-electron chi connectivity index (χ4n) is 2.43. The summed E-state index contributed by atoms with van der Waals surface area (Å²) in [7, 11) is 0. The Hall–Kier alpha value is -0.850. The topological polar surface area (TPSA) is 17.1 Å². The predicted octanol–water partition coefficient (Wildman–Crippen LogP) is 2.88. The van der Waals surface area contributed by atoms with E-state index in [0.29, 0.717) is 5.92 Å². The highest BCUT2D eigenvalue weighted by Gasteiger charge is 2.22. The molecule has 0 bridgehead atoms. The van der Waals surface area contributed by atoms with Gasteiger partial charge in [-0.05, 0) is 43.3 Å². The Morgan fingerprint density at radius 3 is 2.69 bits per heavy atom. The minimum absolute atomic E-state index is 0.153. The molecule has 1 saturated carbocycles. The smallest absolute Gasteiger partial charge is 0.178 e. The Morgan fingerprint density at radius 1 is 1.15 bits per heavy atom. The number of ketones is 1. The van der Waals surface area contributed by atoms with Crippen molar-refractivity contribution in [2.24, 2.45) is 11.8 Å². The minimum atomic E-state index is 0.153. The van der Waals surface area contributed by atoms with Crippen LogP contribution in [0.2, 0.25) is 0 Å². The fourth-order valence-corrected chi connectivity index (χ4v) is 2.43. The normalized spacial score (nSPS) is 29.5. The second-order valence-corrected chi connectivity index (χ2v) is 4.11. The molecule has 70 valence electrons. The lowest BCUT2D eigenvalue weighted by Gasteiger charge is -2.17. The molecule has 1 heteroatoms. The van der Waals surface area contributed by atoms with E-state index in [2.05, 4.69) is 6.08 Å². The van der Waals surface area contributed by atoms with E-state index >= 15 is 0 Å². The van der Waals surface area contributed by atoms with Crippen molar-refractivity contribution in [1.29, 1.82) is 0 Å². The van der Waals surface area contributed by atoms with Gasteiger partial charge >= 0.3 is 0 Å². The standard InChI is InChI=1S/C12H16O/c13-12-7-3-6-11(8-9-12)10-4-1-2-5-10/h3,7-11H,1-2,4-6H2. The molecule has 0 spiro atoms. The summed E-state index contributed by atoms with van der Waals surface area (Å²) in [6, 6.07) is 0. The zero-order valence-electron chi connectivity index (χ0n) is 7.91. The van der Waals surface area contributed by atoms with Crippen LogP contribution in [0.5, 0.6) is 0 Å². The average Bonchev–Trinajstić information content (AvgIpc) is 2.56. The van der Waals surface area contributed by atoms with Crippen LogP contribution in [0.15, 0.2) is 24.3 Å². The summed E-state index contributed by atoms with van der Waals surface area (Å²) in [5.74, 6) is 1.62. The predicted molar refractivity (Wildman–Crippen MR) is 53.4 cm³/mol. The molecule has 13 heavy (non-hydrogen) atoms. The molecule has 1 fully saturated rings. The van der Waals surface area contributed by atoms with Gasteiger partial charge in [0.25, 0.3) is 0 Å². The third kappa shape index (κ3) is 2.09. The Kier molecular flexibility index (Phi) is 2.62. The Bertz CT molecular complexity index is 244. The van der Waals surface area contributed by atoms with Gasteiger partial charge in [0.2, 0.25) is 0 Å². The van der Waals surface area contributed by atoms with Crippen LogP contribution in [0.3, 0.4) is 0 Å². The van der Waals surface area contributed by atoms with Crippen molar-refractivity contribution in [3.63, 3.8) is 0 Å². The largest absolute Gasteiger partial charge is 0.290 e. The van der Waals surface area contributed by atoms with Crippen LogP contribution in [-0.2, 0) is 4.79 Å². The maximum atomic E-state index is 11.1. The van der Waals surface area contributed by atoms with Gasteiger partial charge in [0, 0.05) is 0 Å². The van der Waals surface area contributed by atoms with Crippen molar-refractivity contribution < 1.29 is 4.79 Å². The first-order valence-electron chi connectivity index (χ1n) is 5.25. The van der Waals surface area contributed by atoms with Gasteiger partial charge in [0.15, 0.2) is 5.78 Å².